The third kappa shape index (κ3) is 3.47. The molecule has 0 atom stereocenters. The third-order valence-corrected chi connectivity index (χ3v) is 1.95. The average Bonchev–Trinajstić information content (AvgIpc) is 2.75. The molecule has 0 fully saturated rings. The summed E-state index contributed by atoms with van der Waals surface area (Å²) >= 11 is 0. The number of anilines is 1. The van der Waals surface area contributed by atoms with Crippen molar-refractivity contribution in [1.82, 2.24) is 4.98 Å². The maximum absolute atomic E-state index is 11.3. The first-order valence-corrected chi connectivity index (χ1v) is 5.17. The zero-order chi connectivity index (χ0) is 12.8. The topological polar surface area (TPSA) is 92.9 Å². The van der Waals surface area contributed by atoms with E-state index in [1.54, 1.807) is 13.8 Å². The van der Waals surface area contributed by atoms with E-state index in [1.807, 2.05) is 0 Å². The van der Waals surface area contributed by atoms with Crippen molar-refractivity contribution in [2.24, 2.45) is 0 Å². The number of nitrogens with zero attached hydrogens (tertiary/aromatic N) is 2. The molecule has 17 heavy (non-hydrogen) atoms. The Morgan fingerprint density at radius 1 is 1.53 bits per heavy atom. The van der Waals surface area contributed by atoms with E-state index in [4.69, 9.17) is 14.3 Å². The van der Waals surface area contributed by atoms with Gasteiger partial charge in [-0.25, -0.2) is 4.79 Å². The summed E-state index contributed by atoms with van der Waals surface area (Å²) < 4.78 is 9.78. The number of carboxylic acids is 1. The smallest absolute Gasteiger partial charge is 0.360 e. The fourth-order valence-corrected chi connectivity index (χ4v) is 1.19. The highest BCUT2D eigenvalue weighted by molar-refractivity contribution is 5.87. The number of hydrogen-bond donors (Lipinski definition) is 1. The Kier molecular flexibility index (Phi) is 4.50. The Morgan fingerprint density at radius 3 is 2.76 bits per heavy atom. The number of carbonyl (C=O) groups is 2. The quantitative estimate of drug-likeness (QED) is 0.736. The lowest BCUT2D eigenvalue weighted by Gasteiger charge is -2.14. The average molecular weight is 242 g/mol. The number of ether oxygens (including phenoxy) is 1. The Balaban J connectivity index is 2.78. The van der Waals surface area contributed by atoms with Gasteiger partial charge in [-0.2, -0.15) is 4.98 Å². The zero-order valence-electron chi connectivity index (χ0n) is 9.67. The van der Waals surface area contributed by atoms with Gasteiger partial charge in [-0.1, -0.05) is 0 Å². The summed E-state index contributed by atoms with van der Waals surface area (Å²) in [7, 11) is 0. The molecular weight excluding hydrogens is 228 g/mol. The number of hydrogen-bond acceptors (Lipinski definition) is 6. The lowest BCUT2D eigenvalue weighted by atomic mass is 10.5. The second kappa shape index (κ2) is 5.88. The Bertz CT molecular complexity index is 401. The van der Waals surface area contributed by atoms with E-state index in [9.17, 15) is 9.59 Å². The van der Waals surface area contributed by atoms with Crippen molar-refractivity contribution in [3.8, 4) is 0 Å². The predicted octanol–water partition coefficient (Wildman–Crippen LogP) is 0.762. The van der Waals surface area contributed by atoms with Gasteiger partial charge in [0.05, 0.1) is 6.61 Å². The minimum absolute atomic E-state index is 0.0330. The molecule has 7 heteroatoms. The minimum atomic E-state index is -0.997. The normalized spacial score (nSPS) is 10.0. The van der Waals surface area contributed by atoms with Crippen LogP contribution in [-0.4, -0.2) is 41.7 Å². The second-order valence-electron chi connectivity index (χ2n) is 3.14. The molecule has 0 aliphatic rings. The van der Waals surface area contributed by atoms with Gasteiger partial charge in [0, 0.05) is 6.54 Å². The summed E-state index contributed by atoms with van der Waals surface area (Å²) in [6.07, 6.45) is 1.15. The molecule has 0 bridgehead atoms. The van der Waals surface area contributed by atoms with Gasteiger partial charge in [0.25, 0.3) is 6.01 Å². The van der Waals surface area contributed by atoms with Gasteiger partial charge < -0.3 is 19.2 Å². The van der Waals surface area contributed by atoms with Crippen LogP contribution in [0.2, 0.25) is 0 Å². The van der Waals surface area contributed by atoms with Gasteiger partial charge in [0.15, 0.2) is 5.69 Å². The Labute approximate surface area is 98.0 Å². The van der Waals surface area contributed by atoms with Gasteiger partial charge in [0.1, 0.15) is 12.8 Å². The maximum Gasteiger partial charge on any atom is 0.360 e. The number of oxazole rings is 1. The molecule has 1 aromatic rings. The van der Waals surface area contributed by atoms with Gasteiger partial charge in [-0.15, -0.1) is 0 Å². The molecule has 1 aromatic heterocycles. The molecule has 0 aliphatic heterocycles. The first kappa shape index (κ1) is 13.0. The highest BCUT2D eigenvalue weighted by Crippen LogP contribution is 2.13. The van der Waals surface area contributed by atoms with Gasteiger partial charge in [-0.3, -0.25) is 4.79 Å². The van der Waals surface area contributed by atoms with Crippen LogP contribution in [0.5, 0.6) is 0 Å². The van der Waals surface area contributed by atoms with Gasteiger partial charge in [0.2, 0.25) is 0 Å². The molecule has 94 valence electrons. The lowest BCUT2D eigenvalue weighted by Crippen LogP contribution is -2.29. The van der Waals surface area contributed by atoms with E-state index in [2.05, 4.69) is 4.98 Å². The molecule has 0 saturated heterocycles. The molecule has 0 spiro atoms. The monoisotopic (exact) mass is 242 g/mol. The lowest BCUT2D eigenvalue weighted by molar-refractivity contribution is -0.135. The van der Waals surface area contributed by atoms with Crippen LogP contribution in [0.3, 0.4) is 0 Å². The molecule has 0 saturated carbocycles. The van der Waals surface area contributed by atoms with Crippen molar-refractivity contribution in [1.29, 1.82) is 0 Å². The number of aromatic nitrogens is 1. The molecule has 1 N–H and O–H groups in total. The van der Waals surface area contributed by atoms with Crippen molar-refractivity contribution in [2.75, 3.05) is 24.6 Å². The number of esters is 1. The molecule has 0 aromatic carbocycles. The fraction of sp³-hybridized carbons (Fsp3) is 0.500. The van der Waals surface area contributed by atoms with E-state index in [0.717, 1.165) is 6.26 Å². The summed E-state index contributed by atoms with van der Waals surface area (Å²) in [5.41, 5.74) is 0.0330. The van der Waals surface area contributed by atoms with Crippen LogP contribution in [0.15, 0.2) is 10.7 Å². The molecule has 1 rings (SSSR count). The minimum Gasteiger partial charge on any atom is -0.480 e. The molecular formula is C10H14N2O5. The van der Waals surface area contributed by atoms with Crippen molar-refractivity contribution in [3.63, 3.8) is 0 Å². The summed E-state index contributed by atoms with van der Waals surface area (Å²) in [4.78, 5) is 27.2. The summed E-state index contributed by atoms with van der Waals surface area (Å²) in [6, 6.07) is 0.0953. The predicted molar refractivity (Wildman–Crippen MR) is 58.0 cm³/mol. The largest absolute Gasteiger partial charge is 0.480 e. The van der Waals surface area contributed by atoms with Crippen molar-refractivity contribution < 1.29 is 23.8 Å². The standard InChI is InChI=1S/C10H14N2O5/c1-3-12(5-8(13)14)10-11-7(6-17-10)9(15)16-4-2/h6H,3-5H2,1-2H3,(H,13,14). The zero-order valence-corrected chi connectivity index (χ0v) is 9.67. The molecule has 0 aliphatic carbocycles. The van der Waals surface area contributed by atoms with Crippen molar-refractivity contribution >= 4 is 18.0 Å². The first-order chi connectivity index (χ1) is 8.08. The second-order valence-corrected chi connectivity index (χ2v) is 3.14. The van der Waals surface area contributed by atoms with Crippen LogP contribution in [-0.2, 0) is 9.53 Å². The highest BCUT2D eigenvalue weighted by atomic mass is 16.5. The van der Waals surface area contributed by atoms with Crippen LogP contribution in [0.25, 0.3) is 0 Å². The number of carbonyl (C=O) groups excluding carboxylic acids is 1. The molecule has 0 unspecified atom stereocenters. The number of likely N-dealkylation sites (N-methyl/N-ethyl adjacent to an activating group) is 1. The van der Waals surface area contributed by atoms with Crippen molar-refractivity contribution in [3.05, 3.63) is 12.0 Å². The SMILES string of the molecule is CCOC(=O)c1coc(N(CC)CC(=O)O)n1. The van der Waals surface area contributed by atoms with Crippen LogP contribution in [0.1, 0.15) is 24.3 Å². The number of rotatable bonds is 6. The van der Waals surface area contributed by atoms with E-state index >= 15 is 0 Å². The van der Waals surface area contributed by atoms with Gasteiger partial charge >= 0.3 is 11.9 Å². The first-order valence-electron chi connectivity index (χ1n) is 5.17. The van der Waals surface area contributed by atoms with Crippen molar-refractivity contribution in [2.45, 2.75) is 13.8 Å². The van der Waals surface area contributed by atoms with Crippen LogP contribution < -0.4 is 4.90 Å². The van der Waals surface area contributed by atoms with E-state index in [-0.39, 0.29) is 24.9 Å². The van der Waals surface area contributed by atoms with E-state index in [0.29, 0.717) is 6.54 Å². The molecule has 7 nitrogen and oxygen atoms in total. The molecule has 0 amide bonds. The molecule has 0 radical (unpaired) electrons. The number of aliphatic carboxylic acids is 1. The van der Waals surface area contributed by atoms with E-state index in [1.165, 1.54) is 4.90 Å². The van der Waals surface area contributed by atoms with Crippen LogP contribution in [0, 0.1) is 0 Å². The number of carboxylic acid groups (broad SMARTS) is 1. The Morgan fingerprint density at radius 2 is 2.24 bits per heavy atom. The fourth-order valence-electron chi connectivity index (χ4n) is 1.19. The van der Waals surface area contributed by atoms with Gasteiger partial charge in [-0.05, 0) is 13.8 Å². The summed E-state index contributed by atoms with van der Waals surface area (Å²) in [5, 5.41) is 8.67. The summed E-state index contributed by atoms with van der Waals surface area (Å²) in [6.45, 7) is 3.86. The molecule has 1 heterocycles. The van der Waals surface area contributed by atoms with Crippen LogP contribution >= 0.6 is 0 Å². The maximum atomic E-state index is 11.3. The van der Waals surface area contributed by atoms with Crippen LogP contribution in [0.4, 0.5) is 6.01 Å². The highest BCUT2D eigenvalue weighted by Gasteiger charge is 2.18. The summed E-state index contributed by atoms with van der Waals surface area (Å²) in [5.74, 6) is -1.59. The Hall–Kier alpha value is -2.05. The van der Waals surface area contributed by atoms with E-state index < -0.39 is 11.9 Å². The third-order valence-electron chi connectivity index (χ3n) is 1.95.